The summed E-state index contributed by atoms with van der Waals surface area (Å²) in [6, 6.07) is 13.9. The van der Waals surface area contributed by atoms with Gasteiger partial charge in [-0.15, -0.1) is 0 Å². The van der Waals surface area contributed by atoms with Crippen molar-refractivity contribution in [3.63, 3.8) is 0 Å². The quantitative estimate of drug-likeness (QED) is 0.429. The number of rotatable bonds is 6. The Kier molecular flexibility index (Phi) is 7.25. The Hall–Kier alpha value is -3.28. The number of carbonyl (C=O) groups excluding carboxylic acids is 2. The molecule has 6 heteroatoms. The Labute approximate surface area is 201 Å². The van der Waals surface area contributed by atoms with Crippen LogP contribution < -0.4 is 0 Å². The number of nitrogens with zero attached hydrogens (tertiary/aromatic N) is 2. The largest absolute Gasteiger partial charge is 0.462 e. The molecule has 0 saturated carbocycles. The maximum absolute atomic E-state index is 12.8. The van der Waals surface area contributed by atoms with Crippen LogP contribution >= 0.6 is 0 Å². The summed E-state index contributed by atoms with van der Waals surface area (Å²) in [5, 5.41) is 0. The third-order valence-corrected chi connectivity index (χ3v) is 7.01. The number of aromatic nitrogens is 1. The van der Waals surface area contributed by atoms with E-state index in [1.165, 1.54) is 0 Å². The van der Waals surface area contributed by atoms with Crippen LogP contribution in [0.15, 0.2) is 48.7 Å². The fourth-order valence-electron chi connectivity index (χ4n) is 5.15. The molecule has 0 bridgehead atoms. The van der Waals surface area contributed by atoms with E-state index in [1.54, 1.807) is 0 Å². The zero-order valence-corrected chi connectivity index (χ0v) is 20.5. The van der Waals surface area contributed by atoms with Gasteiger partial charge in [-0.1, -0.05) is 37.3 Å². The second-order valence-corrected chi connectivity index (χ2v) is 9.22. The predicted molar refractivity (Wildman–Crippen MR) is 132 cm³/mol. The number of benzene rings is 1. The minimum absolute atomic E-state index is 0.237. The summed E-state index contributed by atoms with van der Waals surface area (Å²) in [4.78, 5) is 27.2. The molecule has 0 aliphatic carbocycles. The molecule has 1 fully saturated rings. The van der Waals surface area contributed by atoms with Gasteiger partial charge < -0.3 is 18.8 Å². The zero-order valence-electron chi connectivity index (χ0n) is 20.5. The van der Waals surface area contributed by atoms with Crippen LogP contribution in [0.2, 0.25) is 0 Å². The average Bonchev–Trinajstić information content (AvgIpc) is 3.13. The molecule has 0 radical (unpaired) electrons. The summed E-state index contributed by atoms with van der Waals surface area (Å²) < 4.78 is 13.1. The highest BCUT2D eigenvalue weighted by atomic mass is 16.6. The summed E-state index contributed by atoms with van der Waals surface area (Å²) in [7, 11) is 0. The highest BCUT2D eigenvalue weighted by Gasteiger charge is 2.32. The molecular weight excluding hydrogens is 428 g/mol. The van der Waals surface area contributed by atoms with Crippen LogP contribution in [0, 0.1) is 19.8 Å². The maximum atomic E-state index is 12.8. The first kappa shape index (κ1) is 23.9. The minimum Gasteiger partial charge on any atom is -0.462 e. The minimum atomic E-state index is -0.266. The van der Waals surface area contributed by atoms with Gasteiger partial charge in [0, 0.05) is 25.0 Å². The number of fused-ring (bicyclic) bond motifs is 1. The third kappa shape index (κ3) is 4.81. The molecule has 1 saturated heterocycles. The van der Waals surface area contributed by atoms with Gasteiger partial charge in [0.1, 0.15) is 6.61 Å². The van der Waals surface area contributed by atoms with Crippen molar-refractivity contribution in [3.05, 3.63) is 76.6 Å². The molecule has 180 valence electrons. The number of likely N-dealkylation sites (tertiary alicyclic amines) is 1. The number of aryl methyl sites for hydroxylation is 1. The van der Waals surface area contributed by atoms with Crippen molar-refractivity contribution < 1.29 is 19.1 Å². The summed E-state index contributed by atoms with van der Waals surface area (Å²) >= 11 is 0. The zero-order chi connectivity index (χ0) is 24.2. The van der Waals surface area contributed by atoms with Crippen molar-refractivity contribution in [2.75, 3.05) is 19.7 Å². The topological polar surface area (TPSA) is 60.2 Å². The maximum Gasteiger partial charge on any atom is 0.410 e. The first-order valence-corrected chi connectivity index (χ1v) is 12.1. The normalized spacial score (nSPS) is 15.4. The lowest BCUT2D eigenvalue weighted by molar-refractivity contribution is 0.0527. The third-order valence-electron chi connectivity index (χ3n) is 7.01. The smallest absolute Gasteiger partial charge is 0.410 e. The molecule has 1 aliphatic heterocycles. The summed E-state index contributed by atoms with van der Waals surface area (Å²) in [6.07, 6.45) is 3.60. The molecule has 1 atom stereocenters. The molecule has 1 amide bonds. The van der Waals surface area contributed by atoms with Crippen molar-refractivity contribution in [1.82, 2.24) is 9.30 Å². The van der Waals surface area contributed by atoms with Crippen LogP contribution in [0.25, 0.3) is 5.52 Å². The van der Waals surface area contributed by atoms with Gasteiger partial charge in [0.25, 0.3) is 0 Å². The van der Waals surface area contributed by atoms with Gasteiger partial charge in [0.05, 0.1) is 17.7 Å². The van der Waals surface area contributed by atoms with Crippen LogP contribution in [0.3, 0.4) is 0 Å². The summed E-state index contributed by atoms with van der Waals surface area (Å²) in [6.45, 7) is 10.1. The number of esters is 1. The standard InChI is InChI=1S/C28H34N2O4/c1-5-33-27(31)25-21(4)26(30-16-11-19(2)17-24(25)30)20(3)23-12-14-29(15-13-23)28(32)34-18-22-9-7-6-8-10-22/h6-11,16-17,20,23H,5,12-15,18H2,1-4H3. The molecule has 1 unspecified atom stereocenters. The van der Waals surface area contributed by atoms with Crippen LogP contribution in [0.5, 0.6) is 0 Å². The Morgan fingerprint density at radius 2 is 1.76 bits per heavy atom. The van der Waals surface area contributed by atoms with E-state index >= 15 is 0 Å². The van der Waals surface area contributed by atoms with Crippen molar-refractivity contribution in [2.24, 2.45) is 5.92 Å². The fraction of sp³-hybridized carbons (Fsp3) is 0.429. The molecule has 4 rings (SSSR count). The second kappa shape index (κ2) is 10.3. The number of hydrogen-bond acceptors (Lipinski definition) is 4. The van der Waals surface area contributed by atoms with Gasteiger partial charge in [-0.25, -0.2) is 9.59 Å². The number of hydrogen-bond donors (Lipinski definition) is 0. The molecular formula is C28H34N2O4. The monoisotopic (exact) mass is 462 g/mol. The Balaban J connectivity index is 1.47. The van der Waals surface area contributed by atoms with Gasteiger partial charge in [0.2, 0.25) is 0 Å². The lowest BCUT2D eigenvalue weighted by Crippen LogP contribution is -2.39. The van der Waals surface area contributed by atoms with Crippen LogP contribution in [-0.4, -0.2) is 41.1 Å². The first-order chi connectivity index (χ1) is 16.4. The van der Waals surface area contributed by atoms with Crippen molar-refractivity contribution >= 4 is 17.6 Å². The van der Waals surface area contributed by atoms with Gasteiger partial charge in [0.15, 0.2) is 0 Å². The van der Waals surface area contributed by atoms with Crippen molar-refractivity contribution in [2.45, 2.75) is 53.1 Å². The van der Waals surface area contributed by atoms with E-state index in [0.29, 0.717) is 37.8 Å². The van der Waals surface area contributed by atoms with Crippen LogP contribution in [0.4, 0.5) is 4.79 Å². The van der Waals surface area contributed by atoms with Crippen molar-refractivity contribution in [3.8, 4) is 0 Å². The van der Waals surface area contributed by atoms with Crippen LogP contribution in [-0.2, 0) is 16.1 Å². The van der Waals surface area contributed by atoms with E-state index in [9.17, 15) is 9.59 Å². The van der Waals surface area contributed by atoms with E-state index < -0.39 is 0 Å². The molecule has 0 N–H and O–H groups in total. The van der Waals surface area contributed by atoms with Gasteiger partial charge in [-0.05, 0) is 74.3 Å². The molecule has 1 aromatic carbocycles. The SMILES string of the molecule is CCOC(=O)c1c(C)c(C(C)C2CCN(C(=O)OCc3ccccc3)CC2)n2ccc(C)cc12. The molecule has 6 nitrogen and oxygen atoms in total. The molecule has 1 aliphatic rings. The van der Waals surface area contributed by atoms with Gasteiger partial charge >= 0.3 is 12.1 Å². The average molecular weight is 463 g/mol. The highest BCUT2D eigenvalue weighted by Crippen LogP contribution is 2.37. The molecule has 34 heavy (non-hydrogen) atoms. The molecule has 0 spiro atoms. The predicted octanol–water partition coefficient (Wildman–Crippen LogP) is 5.89. The number of ether oxygens (including phenoxy) is 2. The lowest BCUT2D eigenvalue weighted by atomic mass is 9.82. The molecule has 3 heterocycles. The number of amides is 1. The van der Waals surface area contributed by atoms with Gasteiger partial charge in [-0.2, -0.15) is 0 Å². The molecule has 3 aromatic rings. The summed E-state index contributed by atoms with van der Waals surface area (Å²) in [5.41, 5.74) is 5.80. The second-order valence-electron chi connectivity index (χ2n) is 9.22. The molecule has 2 aromatic heterocycles. The Morgan fingerprint density at radius 3 is 2.44 bits per heavy atom. The van der Waals surface area contributed by atoms with E-state index in [2.05, 4.69) is 29.7 Å². The van der Waals surface area contributed by atoms with E-state index in [4.69, 9.17) is 9.47 Å². The Bertz CT molecular complexity index is 1160. The lowest BCUT2D eigenvalue weighted by Gasteiger charge is -2.34. The van der Waals surface area contributed by atoms with Crippen LogP contribution in [0.1, 0.15) is 65.3 Å². The first-order valence-electron chi connectivity index (χ1n) is 12.1. The summed E-state index contributed by atoms with van der Waals surface area (Å²) in [5.74, 6) is 0.379. The number of pyridine rings is 1. The van der Waals surface area contributed by atoms with Gasteiger partial charge in [-0.3, -0.25) is 0 Å². The van der Waals surface area contributed by atoms with E-state index in [-0.39, 0.29) is 18.0 Å². The number of carbonyl (C=O) groups is 2. The van der Waals surface area contributed by atoms with E-state index in [1.807, 2.05) is 56.0 Å². The fourth-order valence-corrected chi connectivity index (χ4v) is 5.15. The van der Waals surface area contributed by atoms with Crippen molar-refractivity contribution in [1.29, 1.82) is 0 Å². The number of piperidine rings is 1. The van der Waals surface area contributed by atoms with E-state index in [0.717, 1.165) is 40.7 Å². The Morgan fingerprint density at radius 1 is 1.06 bits per heavy atom. The highest BCUT2D eigenvalue weighted by molar-refractivity contribution is 5.99.